The number of alkyl halides is 11. The first kappa shape index (κ1) is 42.0. The van der Waals surface area contributed by atoms with Crippen molar-refractivity contribution in [3.05, 3.63) is 70.8 Å². The number of benzene rings is 5. The van der Waals surface area contributed by atoms with Gasteiger partial charge >= 0.3 is 29.9 Å². The van der Waals surface area contributed by atoms with E-state index >= 15 is 0 Å². The van der Waals surface area contributed by atoms with Crippen molar-refractivity contribution in [1.29, 1.82) is 0 Å². The Morgan fingerprint density at radius 2 is 0.746 bits per heavy atom. The van der Waals surface area contributed by atoms with Crippen LogP contribution in [0.15, 0.2) is 48.5 Å². The molecular formula is C42H35F11N2O4. The maximum Gasteiger partial charge on any atom is 0.460 e. The number of carbonyl (C=O) groups is 4. The second-order valence-electron chi connectivity index (χ2n) is 15.2. The maximum atomic E-state index is 14.9. The van der Waals surface area contributed by atoms with Crippen molar-refractivity contribution >= 4 is 66.7 Å². The predicted molar refractivity (Wildman–Crippen MR) is 196 cm³/mol. The molecule has 0 saturated carbocycles. The second kappa shape index (κ2) is 14.6. The van der Waals surface area contributed by atoms with Crippen LogP contribution in [-0.4, -0.2) is 76.4 Å². The van der Waals surface area contributed by atoms with Gasteiger partial charge in [0.25, 0.3) is 23.6 Å². The lowest BCUT2D eigenvalue weighted by atomic mass is 9.82. The minimum atomic E-state index is -7.71. The smallest absolute Gasteiger partial charge is 0.274 e. The van der Waals surface area contributed by atoms with Crippen molar-refractivity contribution in [2.75, 3.05) is 13.1 Å². The van der Waals surface area contributed by atoms with Crippen LogP contribution in [0.4, 0.5) is 48.3 Å². The van der Waals surface area contributed by atoms with Crippen LogP contribution in [0.5, 0.6) is 0 Å². The Labute approximate surface area is 328 Å². The van der Waals surface area contributed by atoms with Gasteiger partial charge in [-0.3, -0.25) is 29.0 Å². The van der Waals surface area contributed by atoms with Crippen LogP contribution in [0.1, 0.15) is 113 Å². The van der Waals surface area contributed by atoms with Crippen LogP contribution in [0.2, 0.25) is 0 Å². The molecule has 0 aliphatic carbocycles. The standard InChI is InChI=1S/C42H35F11N2O4/c1-2-3-4-5-6-7-8-9-10-11-20-54-34(56)26-16-12-22-24-14-18-28-33-29(19-15-25(31(24)33)23-13-17-27(35(54)57)32(26)30(22)23)37(59)55(36(28)58)21-38(43,44)39(45,46)40(47,48)41(49,50)42(51,52)53/h12-19H,2-11,20-21H2,1H3. The first-order valence-corrected chi connectivity index (χ1v) is 19.1. The van der Waals surface area contributed by atoms with Gasteiger partial charge in [0.15, 0.2) is 0 Å². The minimum Gasteiger partial charge on any atom is -0.274 e. The van der Waals surface area contributed by atoms with Gasteiger partial charge in [0.2, 0.25) is 0 Å². The van der Waals surface area contributed by atoms with Crippen LogP contribution in [0.25, 0.3) is 43.1 Å². The highest BCUT2D eigenvalue weighted by molar-refractivity contribution is 6.41. The summed E-state index contributed by atoms with van der Waals surface area (Å²) < 4.78 is 152. The summed E-state index contributed by atoms with van der Waals surface area (Å²) in [4.78, 5) is 55.3. The number of unbranched alkanes of at least 4 members (excludes halogenated alkanes) is 9. The van der Waals surface area contributed by atoms with Crippen molar-refractivity contribution in [1.82, 2.24) is 9.80 Å². The number of fused-ring (bicyclic) bond motifs is 2. The Balaban J connectivity index is 1.20. The maximum absolute atomic E-state index is 14.9. The van der Waals surface area contributed by atoms with Gasteiger partial charge in [-0.25, -0.2) is 0 Å². The fraction of sp³-hybridized carbons (Fsp3) is 0.429. The van der Waals surface area contributed by atoms with Crippen LogP contribution in [-0.2, 0) is 0 Å². The quantitative estimate of drug-likeness (QED) is 0.0326. The van der Waals surface area contributed by atoms with Gasteiger partial charge in [0, 0.05) is 39.6 Å². The van der Waals surface area contributed by atoms with Gasteiger partial charge in [-0.15, -0.1) is 0 Å². The number of halogens is 11. The number of carbonyl (C=O) groups excluding carboxylic acids is 4. The SMILES string of the molecule is CCCCCCCCCCCCN1C(=O)c2ccc3c4ccc5c6c(ccc(c7ccc(c2c37)C1=O)c64)C(=O)N(CC(F)(F)C(F)(F)C(F)(F)C(F)(F)C(F)(F)F)C5=O. The molecule has 0 saturated heterocycles. The molecule has 0 unspecified atom stereocenters. The Hall–Kier alpha value is -5.09. The third kappa shape index (κ3) is 6.27. The highest BCUT2D eigenvalue weighted by Gasteiger charge is 2.87. The third-order valence-corrected chi connectivity index (χ3v) is 11.5. The van der Waals surface area contributed by atoms with Crippen LogP contribution < -0.4 is 0 Å². The van der Waals surface area contributed by atoms with E-state index in [-0.39, 0.29) is 28.4 Å². The van der Waals surface area contributed by atoms with Crippen molar-refractivity contribution in [3.63, 3.8) is 0 Å². The first-order chi connectivity index (χ1) is 27.6. The number of nitrogens with zero attached hydrogens (tertiary/aromatic N) is 2. The fourth-order valence-electron chi connectivity index (χ4n) is 8.37. The molecule has 5 aromatic rings. The van der Waals surface area contributed by atoms with Gasteiger partial charge in [-0.05, 0) is 63.0 Å². The van der Waals surface area contributed by atoms with E-state index < -0.39 is 76.1 Å². The molecule has 0 radical (unpaired) electrons. The summed E-state index contributed by atoms with van der Waals surface area (Å²) in [6.07, 6.45) is 3.27. The molecule has 0 N–H and O–H groups in total. The molecule has 59 heavy (non-hydrogen) atoms. The van der Waals surface area contributed by atoms with Gasteiger partial charge in [0.1, 0.15) is 0 Å². The average Bonchev–Trinajstić information content (AvgIpc) is 3.18. The molecule has 4 amide bonds. The molecule has 2 aliphatic heterocycles. The zero-order valence-electron chi connectivity index (χ0n) is 31.3. The normalized spacial score (nSPS) is 15.7. The summed E-state index contributed by atoms with van der Waals surface area (Å²) in [5.74, 6) is -33.7. The van der Waals surface area contributed by atoms with E-state index in [0.717, 1.165) is 37.8 Å². The van der Waals surface area contributed by atoms with E-state index in [1.807, 2.05) is 0 Å². The Morgan fingerprint density at radius 1 is 0.407 bits per heavy atom. The topological polar surface area (TPSA) is 74.8 Å². The second-order valence-corrected chi connectivity index (χ2v) is 15.2. The van der Waals surface area contributed by atoms with Crippen LogP contribution in [0, 0.1) is 0 Å². The number of hydrogen-bond acceptors (Lipinski definition) is 4. The zero-order valence-corrected chi connectivity index (χ0v) is 31.3. The molecule has 7 rings (SSSR count). The highest BCUT2D eigenvalue weighted by atomic mass is 19.4. The molecular weight excluding hydrogens is 805 g/mol. The van der Waals surface area contributed by atoms with E-state index in [0.29, 0.717) is 38.7 Å². The van der Waals surface area contributed by atoms with Crippen molar-refractivity contribution in [3.8, 4) is 0 Å². The molecule has 2 heterocycles. The van der Waals surface area contributed by atoms with Crippen LogP contribution in [0.3, 0.4) is 0 Å². The van der Waals surface area contributed by atoms with E-state index in [1.54, 1.807) is 12.1 Å². The molecule has 5 aromatic carbocycles. The lowest BCUT2D eigenvalue weighted by Crippen LogP contribution is -2.68. The number of rotatable bonds is 16. The average molecular weight is 841 g/mol. The fourth-order valence-corrected chi connectivity index (χ4v) is 8.37. The number of amides is 4. The molecule has 0 spiro atoms. The van der Waals surface area contributed by atoms with E-state index in [4.69, 9.17) is 0 Å². The molecule has 0 bridgehead atoms. The van der Waals surface area contributed by atoms with Crippen molar-refractivity contribution in [2.24, 2.45) is 0 Å². The van der Waals surface area contributed by atoms with Gasteiger partial charge in [-0.1, -0.05) is 89.0 Å². The zero-order chi connectivity index (χ0) is 43.0. The molecule has 0 fully saturated rings. The van der Waals surface area contributed by atoms with Gasteiger partial charge in [0.05, 0.1) is 6.54 Å². The Kier molecular flexibility index (Phi) is 10.4. The van der Waals surface area contributed by atoms with Gasteiger partial charge < -0.3 is 0 Å². The molecule has 0 aromatic heterocycles. The monoisotopic (exact) mass is 840 g/mol. The highest BCUT2D eigenvalue weighted by Crippen LogP contribution is 2.58. The first-order valence-electron chi connectivity index (χ1n) is 19.1. The predicted octanol–water partition coefficient (Wildman–Crippen LogP) is 12.0. The van der Waals surface area contributed by atoms with Crippen molar-refractivity contribution in [2.45, 2.75) is 101 Å². The summed E-state index contributed by atoms with van der Waals surface area (Å²) in [5, 5.41) is 2.48. The summed E-state index contributed by atoms with van der Waals surface area (Å²) in [6.45, 7) is -0.590. The Morgan fingerprint density at radius 3 is 1.10 bits per heavy atom. The summed E-state index contributed by atoms with van der Waals surface area (Å²) >= 11 is 0. The van der Waals surface area contributed by atoms with E-state index in [2.05, 4.69) is 6.92 Å². The molecule has 314 valence electrons. The summed E-state index contributed by atoms with van der Waals surface area (Å²) in [7, 11) is 0. The van der Waals surface area contributed by atoms with Gasteiger partial charge in [-0.2, -0.15) is 48.3 Å². The number of hydrogen-bond donors (Lipinski definition) is 0. The molecule has 17 heteroatoms. The lowest BCUT2D eigenvalue weighted by Gasteiger charge is -2.39. The largest absolute Gasteiger partial charge is 0.460 e. The summed E-state index contributed by atoms with van der Waals surface area (Å²) in [6, 6.07) is 11.0. The molecule has 2 aliphatic rings. The Bertz CT molecular complexity index is 2410. The van der Waals surface area contributed by atoms with E-state index in [9.17, 15) is 67.5 Å². The molecule has 6 nitrogen and oxygen atoms in total. The van der Waals surface area contributed by atoms with Crippen molar-refractivity contribution < 1.29 is 67.5 Å². The third-order valence-electron chi connectivity index (χ3n) is 11.5. The lowest BCUT2D eigenvalue weighted by molar-refractivity contribution is -0.422. The minimum absolute atomic E-state index is 0.163. The van der Waals surface area contributed by atoms with E-state index in [1.165, 1.54) is 61.3 Å². The summed E-state index contributed by atoms with van der Waals surface area (Å²) in [5.41, 5.74) is -0.597. The molecule has 0 atom stereocenters. The number of imide groups is 2. The van der Waals surface area contributed by atoms with Crippen LogP contribution >= 0.6 is 0 Å².